The first kappa shape index (κ1) is 52.5. The Morgan fingerprint density at radius 3 is 1.49 bits per heavy atom. The number of aromatic nitrogens is 1. The molecule has 0 saturated carbocycles. The topological polar surface area (TPSA) is 24.6 Å². The van der Waals surface area contributed by atoms with Gasteiger partial charge in [-0.1, -0.05) is 165 Å². The number of anilines is 6. The van der Waals surface area contributed by atoms with Crippen molar-refractivity contribution >= 4 is 101 Å². The van der Waals surface area contributed by atoms with Gasteiger partial charge in [0.2, 0.25) is 0 Å². The molecule has 0 unspecified atom stereocenters. The van der Waals surface area contributed by atoms with Crippen LogP contribution in [0.25, 0.3) is 71.7 Å². The number of fused-ring (bicyclic) bond motifs is 10. The Morgan fingerprint density at radius 2 is 0.867 bits per heavy atom. The van der Waals surface area contributed by atoms with E-state index >= 15 is 0 Å². The minimum absolute atomic E-state index is 0.0473. The molecular formula is C78H74BN3O. The Morgan fingerprint density at radius 1 is 0.349 bits per heavy atom. The van der Waals surface area contributed by atoms with Gasteiger partial charge < -0.3 is 18.8 Å². The lowest BCUT2D eigenvalue weighted by Crippen LogP contribution is -2.61. The molecule has 0 spiro atoms. The van der Waals surface area contributed by atoms with E-state index in [0.29, 0.717) is 0 Å². The number of hydrogen-bond acceptors (Lipinski definition) is 3. The molecule has 14 rings (SSSR count). The summed E-state index contributed by atoms with van der Waals surface area (Å²) >= 11 is 0. The first-order valence-electron chi connectivity index (χ1n) is 29.9. The van der Waals surface area contributed by atoms with Gasteiger partial charge in [-0.05, 0) is 219 Å². The highest BCUT2D eigenvalue weighted by molar-refractivity contribution is 7.00. The maximum Gasteiger partial charge on any atom is 0.252 e. The van der Waals surface area contributed by atoms with Crippen LogP contribution in [0, 0.1) is 41.5 Å². The van der Waals surface area contributed by atoms with E-state index in [1.165, 1.54) is 150 Å². The average Bonchev–Trinajstić information content (AvgIpc) is 1.56. The number of rotatable bonds is 5. The van der Waals surface area contributed by atoms with Crippen LogP contribution >= 0.6 is 0 Å². The molecule has 410 valence electrons. The van der Waals surface area contributed by atoms with Gasteiger partial charge in [-0.15, -0.1) is 0 Å². The number of furan rings is 1. The highest BCUT2D eigenvalue weighted by Crippen LogP contribution is 2.52. The number of nitrogens with zero attached hydrogens (tertiary/aromatic N) is 3. The van der Waals surface area contributed by atoms with Crippen molar-refractivity contribution in [3.63, 3.8) is 0 Å². The van der Waals surface area contributed by atoms with E-state index in [1.54, 1.807) is 0 Å². The van der Waals surface area contributed by atoms with Gasteiger partial charge in [-0.25, -0.2) is 0 Å². The number of hydrogen-bond donors (Lipinski definition) is 0. The van der Waals surface area contributed by atoms with Gasteiger partial charge in [0.25, 0.3) is 6.71 Å². The standard InChI is InChI=1S/C78H74BN3O/c1-45-23-21-24-46(2)73(45)80-63-34-32-54(76(7,8)9)39-59(63)60-43-62-66(44-64(60)80)82(75-49(5)37-53(38-50(75)6)57-28-22-30-70-71(57)58-27-19-20-29-69(58)83-70)68-42-56(78(13,14)15)41-67-72(68)79(62)61-33-31-55(77(10,11)12)40-65(61)81(67)74-47(3)35-52(36-48(74)4)51-25-17-16-18-26-51/h16-44H,1-15H3. The zero-order valence-corrected chi connectivity index (χ0v) is 51.1. The molecule has 0 N–H and O–H groups in total. The molecule has 0 bridgehead atoms. The molecule has 10 aromatic carbocycles. The largest absolute Gasteiger partial charge is 0.456 e. The molecule has 4 heterocycles. The van der Waals surface area contributed by atoms with E-state index in [9.17, 15) is 0 Å². The summed E-state index contributed by atoms with van der Waals surface area (Å²) in [6, 6.07) is 67.3. The van der Waals surface area contributed by atoms with E-state index in [2.05, 4.69) is 294 Å². The van der Waals surface area contributed by atoms with Crippen LogP contribution in [0.15, 0.2) is 180 Å². The van der Waals surface area contributed by atoms with Crippen molar-refractivity contribution in [2.45, 2.75) is 120 Å². The van der Waals surface area contributed by atoms with Crippen LogP contribution in [0.4, 0.5) is 34.1 Å². The first-order chi connectivity index (χ1) is 39.5. The summed E-state index contributed by atoms with van der Waals surface area (Å²) < 4.78 is 9.08. The van der Waals surface area contributed by atoms with Crippen molar-refractivity contribution in [3.8, 4) is 27.9 Å². The second-order valence-electron chi connectivity index (χ2n) is 27.4. The van der Waals surface area contributed by atoms with Gasteiger partial charge in [0.15, 0.2) is 0 Å². The normalized spacial score (nSPS) is 13.4. The van der Waals surface area contributed by atoms with Crippen LogP contribution in [-0.2, 0) is 16.2 Å². The molecule has 2 aliphatic heterocycles. The fraction of sp³-hybridized carbons (Fsp3) is 0.231. The summed E-state index contributed by atoms with van der Waals surface area (Å²) in [6.07, 6.45) is 0. The van der Waals surface area contributed by atoms with E-state index in [4.69, 9.17) is 4.42 Å². The Bertz CT molecular complexity index is 4630. The molecule has 2 aliphatic rings. The summed E-state index contributed by atoms with van der Waals surface area (Å²) in [5.74, 6) is 0. The molecule has 0 atom stereocenters. The third-order valence-electron chi connectivity index (χ3n) is 18.5. The molecule has 0 amide bonds. The number of para-hydroxylation sites is 2. The summed E-state index contributed by atoms with van der Waals surface area (Å²) in [5.41, 5.74) is 32.6. The predicted molar refractivity (Wildman–Crippen MR) is 357 cm³/mol. The van der Waals surface area contributed by atoms with Crippen molar-refractivity contribution in [1.82, 2.24) is 4.57 Å². The van der Waals surface area contributed by atoms with Crippen molar-refractivity contribution in [2.24, 2.45) is 0 Å². The molecule has 12 aromatic rings. The minimum Gasteiger partial charge on any atom is -0.456 e. The lowest BCUT2D eigenvalue weighted by atomic mass is 9.33. The van der Waals surface area contributed by atoms with Crippen molar-refractivity contribution in [2.75, 3.05) is 9.80 Å². The van der Waals surface area contributed by atoms with Crippen LogP contribution < -0.4 is 26.2 Å². The minimum atomic E-state index is -0.197. The van der Waals surface area contributed by atoms with Crippen molar-refractivity contribution < 1.29 is 4.42 Å². The van der Waals surface area contributed by atoms with Crippen LogP contribution in [0.1, 0.15) is 112 Å². The van der Waals surface area contributed by atoms with Crippen molar-refractivity contribution in [3.05, 3.63) is 226 Å². The van der Waals surface area contributed by atoms with Crippen molar-refractivity contribution in [1.29, 1.82) is 0 Å². The zero-order valence-electron chi connectivity index (χ0n) is 51.1. The fourth-order valence-electron chi connectivity index (χ4n) is 14.3. The predicted octanol–water partition coefficient (Wildman–Crippen LogP) is 19.8. The van der Waals surface area contributed by atoms with E-state index in [-0.39, 0.29) is 23.0 Å². The van der Waals surface area contributed by atoms with Gasteiger partial charge in [-0.3, -0.25) is 0 Å². The van der Waals surface area contributed by atoms with Crippen LogP contribution in [0.2, 0.25) is 0 Å². The third kappa shape index (κ3) is 8.16. The Balaban J connectivity index is 1.13. The second-order valence-corrected chi connectivity index (χ2v) is 27.4. The summed E-state index contributed by atoms with van der Waals surface area (Å²) in [7, 11) is 0. The highest BCUT2D eigenvalue weighted by atomic mass is 16.3. The van der Waals surface area contributed by atoms with Crippen LogP contribution in [-0.4, -0.2) is 11.3 Å². The maximum absolute atomic E-state index is 6.50. The molecule has 0 fully saturated rings. The summed E-state index contributed by atoms with van der Waals surface area (Å²) in [6.45, 7) is 35.0. The Kier molecular flexibility index (Phi) is 11.7. The summed E-state index contributed by atoms with van der Waals surface area (Å²) in [5, 5.41) is 4.84. The second kappa shape index (κ2) is 18.5. The fourth-order valence-corrected chi connectivity index (χ4v) is 14.3. The van der Waals surface area contributed by atoms with Gasteiger partial charge >= 0.3 is 0 Å². The van der Waals surface area contributed by atoms with Crippen LogP contribution in [0.3, 0.4) is 0 Å². The van der Waals surface area contributed by atoms with Gasteiger partial charge in [0.1, 0.15) is 11.2 Å². The lowest BCUT2D eigenvalue weighted by molar-refractivity contribution is 0.590. The van der Waals surface area contributed by atoms with E-state index in [0.717, 1.165) is 21.9 Å². The maximum atomic E-state index is 6.50. The summed E-state index contributed by atoms with van der Waals surface area (Å²) in [4.78, 5) is 5.37. The highest BCUT2D eigenvalue weighted by Gasteiger charge is 2.46. The Labute approximate surface area is 491 Å². The Hall–Kier alpha value is -8.54. The molecule has 2 aromatic heterocycles. The molecule has 4 nitrogen and oxygen atoms in total. The van der Waals surface area contributed by atoms with Crippen LogP contribution in [0.5, 0.6) is 0 Å². The third-order valence-corrected chi connectivity index (χ3v) is 18.5. The van der Waals surface area contributed by atoms with Gasteiger partial charge in [0, 0.05) is 44.3 Å². The molecular weight excluding hydrogens is 1010 g/mol. The molecule has 0 aliphatic carbocycles. The SMILES string of the molecule is Cc1cc(-c2ccccc2)cc(C)c1N1c2cc(C(C)(C)C)ccc2B2c3cc4c5cc(C(C)(C)C)ccc5n(-c5c(C)cccc5C)c4cc3N(c3c(C)cc(-c4cccc5oc6ccccc6c45)cc3C)c3cc(C(C)(C)C)cc1c32. The van der Waals surface area contributed by atoms with E-state index in [1.807, 2.05) is 0 Å². The quantitative estimate of drug-likeness (QED) is 0.161. The molecule has 0 saturated heterocycles. The first-order valence-corrected chi connectivity index (χ1v) is 29.9. The smallest absolute Gasteiger partial charge is 0.252 e. The van der Waals surface area contributed by atoms with E-state index < -0.39 is 0 Å². The van der Waals surface area contributed by atoms with Gasteiger partial charge in [0.05, 0.1) is 28.1 Å². The number of aryl methyl sites for hydroxylation is 6. The number of benzene rings is 10. The van der Waals surface area contributed by atoms with Gasteiger partial charge in [-0.2, -0.15) is 0 Å². The molecule has 5 heteroatoms. The molecule has 0 radical (unpaired) electrons. The molecule has 83 heavy (non-hydrogen) atoms. The monoisotopic (exact) mass is 1080 g/mol. The lowest BCUT2D eigenvalue weighted by Gasteiger charge is -2.46. The zero-order chi connectivity index (χ0) is 57.9. The average molecular weight is 1080 g/mol.